The van der Waals surface area contributed by atoms with E-state index in [1.807, 2.05) is 41.3 Å². The number of rotatable bonds is 6. The van der Waals surface area contributed by atoms with Crippen molar-refractivity contribution < 1.29 is 9.63 Å². The first kappa shape index (κ1) is 19.3. The summed E-state index contributed by atoms with van der Waals surface area (Å²) in [5.41, 5.74) is 2.86. The molecule has 0 spiro atoms. The van der Waals surface area contributed by atoms with E-state index >= 15 is 0 Å². The summed E-state index contributed by atoms with van der Waals surface area (Å²) in [6.45, 7) is 1.12. The fraction of sp³-hybridized carbons (Fsp3) is 0.364. The molecule has 4 nitrogen and oxygen atoms in total. The molecule has 1 heterocycles. The van der Waals surface area contributed by atoms with Gasteiger partial charge in [0.15, 0.2) is 6.10 Å². The second-order valence-electron chi connectivity index (χ2n) is 7.43. The van der Waals surface area contributed by atoms with E-state index in [0.717, 1.165) is 36.1 Å². The lowest BCUT2D eigenvalue weighted by molar-refractivity contribution is -0.140. The minimum atomic E-state index is -0.155. The van der Waals surface area contributed by atoms with Crippen LogP contribution in [0, 0.1) is 5.92 Å². The Hall–Kier alpha value is -2.04. The van der Waals surface area contributed by atoms with Gasteiger partial charge in [-0.25, -0.2) is 0 Å². The molecule has 0 aromatic heterocycles. The van der Waals surface area contributed by atoms with Crippen LogP contribution in [0.2, 0.25) is 10.0 Å². The molecule has 1 amide bonds. The molecule has 1 saturated carbocycles. The molecule has 0 N–H and O–H groups in total. The lowest BCUT2D eigenvalue weighted by atomic mass is 9.84. The van der Waals surface area contributed by atoms with Gasteiger partial charge in [-0.05, 0) is 30.5 Å². The van der Waals surface area contributed by atoms with Gasteiger partial charge in [0, 0.05) is 24.4 Å². The highest BCUT2D eigenvalue weighted by Crippen LogP contribution is 2.30. The van der Waals surface area contributed by atoms with Gasteiger partial charge in [0.05, 0.1) is 22.3 Å². The van der Waals surface area contributed by atoms with Crippen molar-refractivity contribution in [2.24, 2.45) is 11.1 Å². The van der Waals surface area contributed by atoms with E-state index in [4.69, 9.17) is 28.0 Å². The predicted octanol–water partition coefficient (Wildman–Crippen LogP) is 5.32. The van der Waals surface area contributed by atoms with Crippen LogP contribution in [0.5, 0.6) is 0 Å². The molecule has 1 aliphatic heterocycles. The SMILES string of the molecule is O=C(C1CCC1)N(Cc1ccccc1)CC1CC(c2ccc(Cl)c(Cl)c2)=NO1. The lowest BCUT2D eigenvalue weighted by Crippen LogP contribution is -2.42. The third kappa shape index (κ3) is 4.34. The van der Waals surface area contributed by atoms with Crippen molar-refractivity contribution in [2.75, 3.05) is 6.54 Å². The van der Waals surface area contributed by atoms with Gasteiger partial charge in [-0.2, -0.15) is 0 Å². The predicted molar refractivity (Wildman–Crippen MR) is 112 cm³/mol. The van der Waals surface area contributed by atoms with Crippen LogP contribution in [0.3, 0.4) is 0 Å². The first-order valence-electron chi connectivity index (χ1n) is 9.61. The van der Waals surface area contributed by atoms with Crippen molar-refractivity contribution in [1.82, 2.24) is 4.90 Å². The van der Waals surface area contributed by atoms with Crippen LogP contribution in [0.4, 0.5) is 0 Å². The summed E-state index contributed by atoms with van der Waals surface area (Å²) in [6, 6.07) is 15.5. The monoisotopic (exact) mass is 416 g/mol. The number of amides is 1. The molecule has 6 heteroatoms. The molecule has 28 heavy (non-hydrogen) atoms. The number of carbonyl (C=O) groups excluding carboxylic acids is 1. The highest BCUT2D eigenvalue weighted by atomic mass is 35.5. The summed E-state index contributed by atoms with van der Waals surface area (Å²) in [7, 11) is 0. The van der Waals surface area contributed by atoms with Crippen LogP contribution in [-0.2, 0) is 16.2 Å². The van der Waals surface area contributed by atoms with Gasteiger partial charge in [-0.1, -0.05) is 71.2 Å². The molecule has 2 aromatic carbocycles. The standard InChI is InChI=1S/C22H22Cl2N2O2/c23-19-10-9-17(11-20(19)24)21-12-18(28-25-21)14-26(22(27)16-7-4-8-16)13-15-5-2-1-3-6-15/h1-3,5-6,9-11,16,18H,4,7-8,12-14H2. The third-order valence-corrected chi connectivity index (χ3v) is 6.13. The summed E-state index contributed by atoms with van der Waals surface area (Å²) in [5.74, 6) is 0.377. The summed E-state index contributed by atoms with van der Waals surface area (Å²) >= 11 is 12.1. The zero-order valence-corrected chi connectivity index (χ0v) is 17.0. The van der Waals surface area contributed by atoms with Gasteiger partial charge >= 0.3 is 0 Å². The van der Waals surface area contributed by atoms with Crippen LogP contribution < -0.4 is 0 Å². The molecule has 2 aromatic rings. The van der Waals surface area contributed by atoms with Crippen molar-refractivity contribution in [3.8, 4) is 0 Å². The Morgan fingerprint density at radius 1 is 1.11 bits per heavy atom. The molecule has 0 radical (unpaired) electrons. The minimum absolute atomic E-state index is 0.153. The number of hydrogen-bond donors (Lipinski definition) is 0. The minimum Gasteiger partial charge on any atom is -0.390 e. The maximum Gasteiger partial charge on any atom is 0.226 e. The summed E-state index contributed by atoms with van der Waals surface area (Å²) < 4.78 is 0. The Balaban J connectivity index is 1.43. The lowest BCUT2D eigenvalue weighted by Gasteiger charge is -2.32. The molecule has 4 rings (SSSR count). The summed E-state index contributed by atoms with van der Waals surface area (Å²) in [6.07, 6.45) is 3.60. The summed E-state index contributed by atoms with van der Waals surface area (Å²) in [4.78, 5) is 20.5. The first-order chi connectivity index (χ1) is 13.6. The van der Waals surface area contributed by atoms with Gasteiger partial charge < -0.3 is 9.74 Å². The Kier molecular flexibility index (Phi) is 5.88. The largest absolute Gasteiger partial charge is 0.390 e. The number of oxime groups is 1. The summed E-state index contributed by atoms with van der Waals surface area (Å²) in [5, 5.41) is 5.25. The second-order valence-corrected chi connectivity index (χ2v) is 8.24. The van der Waals surface area contributed by atoms with E-state index in [1.165, 1.54) is 0 Å². The third-order valence-electron chi connectivity index (χ3n) is 5.39. The van der Waals surface area contributed by atoms with Crippen molar-refractivity contribution in [3.63, 3.8) is 0 Å². The van der Waals surface area contributed by atoms with Crippen LogP contribution in [0.15, 0.2) is 53.7 Å². The molecule has 1 atom stereocenters. The highest BCUT2D eigenvalue weighted by Gasteiger charge is 2.33. The van der Waals surface area contributed by atoms with Crippen LogP contribution in [0.25, 0.3) is 0 Å². The first-order valence-corrected chi connectivity index (χ1v) is 10.4. The van der Waals surface area contributed by atoms with E-state index in [1.54, 1.807) is 12.1 Å². The fourth-order valence-electron chi connectivity index (χ4n) is 3.57. The van der Waals surface area contributed by atoms with Crippen molar-refractivity contribution in [2.45, 2.75) is 38.3 Å². The number of nitrogens with zero attached hydrogens (tertiary/aromatic N) is 2. The Morgan fingerprint density at radius 3 is 2.57 bits per heavy atom. The smallest absolute Gasteiger partial charge is 0.226 e. The van der Waals surface area contributed by atoms with Crippen molar-refractivity contribution >= 4 is 34.8 Å². The maximum atomic E-state index is 13.0. The normalized spacial score (nSPS) is 18.9. The van der Waals surface area contributed by atoms with Gasteiger partial charge in [-0.15, -0.1) is 0 Å². The number of carbonyl (C=O) groups is 1. The van der Waals surface area contributed by atoms with Gasteiger partial charge in [0.25, 0.3) is 0 Å². The Morgan fingerprint density at radius 2 is 1.89 bits per heavy atom. The van der Waals surface area contributed by atoms with E-state index in [9.17, 15) is 4.79 Å². The van der Waals surface area contributed by atoms with Gasteiger partial charge in [0.2, 0.25) is 5.91 Å². The number of halogens is 2. The molecule has 0 saturated heterocycles. The van der Waals surface area contributed by atoms with E-state index < -0.39 is 0 Å². The van der Waals surface area contributed by atoms with Crippen molar-refractivity contribution in [1.29, 1.82) is 0 Å². The van der Waals surface area contributed by atoms with E-state index in [2.05, 4.69) is 5.16 Å². The second kappa shape index (κ2) is 8.54. The van der Waals surface area contributed by atoms with Gasteiger partial charge in [0.1, 0.15) is 0 Å². The zero-order chi connectivity index (χ0) is 19.5. The van der Waals surface area contributed by atoms with Crippen LogP contribution in [0.1, 0.15) is 36.8 Å². The van der Waals surface area contributed by atoms with Gasteiger partial charge in [-0.3, -0.25) is 4.79 Å². The van der Waals surface area contributed by atoms with Crippen molar-refractivity contribution in [3.05, 3.63) is 69.7 Å². The number of benzene rings is 2. The molecular formula is C22H22Cl2N2O2. The van der Waals surface area contributed by atoms with Crippen LogP contribution in [-0.4, -0.2) is 29.2 Å². The molecular weight excluding hydrogens is 395 g/mol. The maximum absolute atomic E-state index is 13.0. The quantitative estimate of drug-likeness (QED) is 0.639. The molecule has 1 unspecified atom stereocenters. The average Bonchev–Trinajstić information content (AvgIpc) is 3.11. The van der Waals surface area contributed by atoms with E-state index in [-0.39, 0.29) is 17.9 Å². The molecule has 1 aliphatic carbocycles. The highest BCUT2D eigenvalue weighted by molar-refractivity contribution is 6.42. The molecule has 1 fully saturated rings. The molecule has 146 valence electrons. The Labute approximate surface area is 175 Å². The average molecular weight is 417 g/mol. The number of hydrogen-bond acceptors (Lipinski definition) is 3. The molecule has 2 aliphatic rings. The van der Waals surface area contributed by atoms with E-state index in [0.29, 0.717) is 29.6 Å². The molecule has 0 bridgehead atoms. The Bertz CT molecular complexity index is 881. The fourth-order valence-corrected chi connectivity index (χ4v) is 3.87. The zero-order valence-electron chi connectivity index (χ0n) is 15.5. The topological polar surface area (TPSA) is 41.9 Å². The van der Waals surface area contributed by atoms with Crippen LogP contribution >= 0.6 is 23.2 Å².